The van der Waals surface area contributed by atoms with Crippen molar-refractivity contribution < 1.29 is 29.4 Å². The summed E-state index contributed by atoms with van der Waals surface area (Å²) in [6, 6.07) is 0. The molecule has 2 aliphatic heterocycles. The number of hydrogen-bond donors (Lipinski definition) is 5. The summed E-state index contributed by atoms with van der Waals surface area (Å²) in [5.41, 5.74) is 10.2. The highest BCUT2D eigenvalue weighted by molar-refractivity contribution is 6.19. The van der Waals surface area contributed by atoms with Gasteiger partial charge in [-0.05, 0) is 80.4 Å². The Bertz CT molecular complexity index is 1570. The highest BCUT2D eigenvalue weighted by Gasteiger charge is 2.34. The number of aromatic amines is 2. The van der Waals surface area contributed by atoms with Crippen LogP contribution in [0.1, 0.15) is 98.4 Å². The van der Waals surface area contributed by atoms with E-state index in [2.05, 4.69) is 27.2 Å². The predicted octanol–water partition coefficient (Wildman–Crippen LogP) is 4.97. The van der Waals surface area contributed by atoms with Crippen LogP contribution in [0.2, 0.25) is 0 Å². The van der Waals surface area contributed by atoms with Gasteiger partial charge in [-0.1, -0.05) is 20.8 Å². The Kier molecular flexibility index (Phi) is 9.57. The maximum Gasteiger partial charge on any atom is 0.303 e. The average Bonchev–Trinajstić information content (AvgIpc) is 3.59. The highest BCUT2D eigenvalue weighted by Crippen LogP contribution is 2.33. The van der Waals surface area contributed by atoms with E-state index >= 15 is 0 Å². The van der Waals surface area contributed by atoms with E-state index in [0.29, 0.717) is 37.8 Å². The Labute approximate surface area is 251 Å². The number of aliphatic imine (C=N–C) groups is 1. The number of nitrogens with zero attached hydrogens (tertiary/aromatic N) is 1. The maximum absolute atomic E-state index is 12.4. The molecule has 0 spiro atoms. The zero-order valence-electron chi connectivity index (χ0n) is 25.9. The van der Waals surface area contributed by atoms with Gasteiger partial charge in [0, 0.05) is 71.6 Å². The van der Waals surface area contributed by atoms with Crippen LogP contribution < -0.4 is 5.32 Å². The van der Waals surface area contributed by atoms with Gasteiger partial charge in [0.1, 0.15) is 0 Å². The Morgan fingerprint density at radius 3 is 2.05 bits per heavy atom. The van der Waals surface area contributed by atoms with Gasteiger partial charge in [-0.25, -0.2) is 4.99 Å². The van der Waals surface area contributed by atoms with Gasteiger partial charge >= 0.3 is 11.9 Å². The number of rotatable bonds is 13. The molecule has 2 amide bonds. The molecule has 0 bridgehead atoms. The minimum Gasteiger partial charge on any atom is -0.481 e. The van der Waals surface area contributed by atoms with Crippen molar-refractivity contribution in [3.8, 4) is 0 Å². The van der Waals surface area contributed by atoms with Crippen LogP contribution in [0.4, 0.5) is 0 Å². The summed E-state index contributed by atoms with van der Waals surface area (Å²) in [7, 11) is 0. The molecule has 0 aromatic carbocycles. The molecule has 5 N–H and O–H groups in total. The molecule has 1 saturated heterocycles. The molecule has 10 heteroatoms. The van der Waals surface area contributed by atoms with Crippen LogP contribution in [0.15, 0.2) is 21.8 Å². The summed E-state index contributed by atoms with van der Waals surface area (Å²) in [6.07, 6.45) is 4.82. The quantitative estimate of drug-likeness (QED) is 0.221. The average molecular weight is 591 g/mol. The first-order chi connectivity index (χ1) is 20.4. The van der Waals surface area contributed by atoms with E-state index in [1.165, 1.54) is 0 Å². The SMILES string of the molecule is CCC1=C(C)C(Cc2[nH]c(Cc3[nH]c(/C=C4/NC(=O)[C@H](C)[C@H]4CC)c(C)c3CCC(=O)O)c(CCC(=O)O)c2C)=NC1=O. The van der Waals surface area contributed by atoms with Crippen LogP contribution >= 0.6 is 0 Å². The van der Waals surface area contributed by atoms with E-state index in [-0.39, 0.29) is 36.5 Å². The molecule has 4 heterocycles. The summed E-state index contributed by atoms with van der Waals surface area (Å²) in [5.74, 6) is -2.03. The smallest absolute Gasteiger partial charge is 0.303 e. The third-order valence-corrected chi connectivity index (χ3v) is 9.11. The molecule has 2 aromatic rings. The van der Waals surface area contributed by atoms with E-state index in [4.69, 9.17) is 0 Å². The standard InChI is InChI=1S/C33H42N4O6/c1-7-20-19(6)32(42)37-27(20)14-25-18(5)23(10-12-31(40)41)29(35-25)15-28-22(9-11-30(38)39)17(4)24(34-28)13-26-16(3)21(8-2)33(43)36-26/h14,19-20,34-35H,7-13,15H2,1-6H3,(H,37,42)(H,38,39)(H,40,41)/b27-14+/t19-,20-/m1/s1. The van der Waals surface area contributed by atoms with Crippen molar-refractivity contribution in [1.29, 1.82) is 0 Å². The van der Waals surface area contributed by atoms with Gasteiger partial charge in [0.25, 0.3) is 5.91 Å². The van der Waals surface area contributed by atoms with Crippen LogP contribution in [-0.4, -0.2) is 49.6 Å². The van der Waals surface area contributed by atoms with Crippen molar-refractivity contribution in [2.45, 2.75) is 92.9 Å². The number of nitrogens with one attached hydrogen (secondary N) is 3. The molecule has 10 nitrogen and oxygen atoms in total. The van der Waals surface area contributed by atoms with Crippen molar-refractivity contribution in [3.63, 3.8) is 0 Å². The molecule has 0 saturated carbocycles. The third kappa shape index (κ3) is 6.58. The summed E-state index contributed by atoms with van der Waals surface area (Å²) in [6.45, 7) is 11.7. The number of carbonyl (C=O) groups excluding carboxylic acids is 2. The second kappa shape index (κ2) is 13.0. The highest BCUT2D eigenvalue weighted by atomic mass is 16.4. The van der Waals surface area contributed by atoms with Crippen LogP contribution in [0.5, 0.6) is 0 Å². The van der Waals surface area contributed by atoms with Crippen LogP contribution in [0.25, 0.3) is 6.08 Å². The number of hydrogen-bond acceptors (Lipinski definition) is 4. The van der Waals surface area contributed by atoms with Gasteiger partial charge in [-0.2, -0.15) is 0 Å². The van der Waals surface area contributed by atoms with Gasteiger partial charge in [-0.3, -0.25) is 19.2 Å². The molecule has 43 heavy (non-hydrogen) atoms. The molecule has 4 rings (SSSR count). The lowest BCUT2D eigenvalue weighted by Crippen LogP contribution is -2.16. The first-order valence-corrected chi connectivity index (χ1v) is 15.0. The van der Waals surface area contributed by atoms with Crippen molar-refractivity contribution in [2.75, 3.05) is 0 Å². The Hall–Kier alpha value is -4.21. The fourth-order valence-electron chi connectivity index (χ4n) is 6.46. The number of H-pyrrole nitrogens is 2. The largest absolute Gasteiger partial charge is 0.481 e. The Morgan fingerprint density at radius 2 is 1.49 bits per heavy atom. The number of carboxylic acid groups (broad SMARTS) is 2. The van der Waals surface area contributed by atoms with Crippen molar-refractivity contribution in [1.82, 2.24) is 15.3 Å². The zero-order valence-corrected chi connectivity index (χ0v) is 25.9. The van der Waals surface area contributed by atoms with E-state index < -0.39 is 11.9 Å². The lowest BCUT2D eigenvalue weighted by Gasteiger charge is -2.11. The van der Waals surface area contributed by atoms with E-state index in [0.717, 1.165) is 68.3 Å². The number of carbonyl (C=O) groups is 4. The number of aromatic nitrogens is 2. The summed E-state index contributed by atoms with van der Waals surface area (Å²) in [4.78, 5) is 59.2. The number of amides is 2. The monoisotopic (exact) mass is 590 g/mol. The maximum atomic E-state index is 12.4. The fourth-order valence-corrected chi connectivity index (χ4v) is 6.46. The Balaban J connectivity index is 1.75. The molecule has 2 aliphatic rings. The molecule has 1 fully saturated rings. The van der Waals surface area contributed by atoms with Crippen molar-refractivity contribution in [3.05, 3.63) is 61.9 Å². The topological polar surface area (TPSA) is 165 Å². The van der Waals surface area contributed by atoms with Crippen LogP contribution in [-0.2, 0) is 44.9 Å². The second-order valence-electron chi connectivity index (χ2n) is 11.7. The second-order valence-corrected chi connectivity index (χ2v) is 11.7. The van der Waals surface area contributed by atoms with Crippen molar-refractivity contribution in [2.24, 2.45) is 16.8 Å². The predicted molar refractivity (Wildman–Crippen MR) is 164 cm³/mol. The Morgan fingerprint density at radius 1 is 0.884 bits per heavy atom. The van der Waals surface area contributed by atoms with Crippen LogP contribution in [0, 0.1) is 25.7 Å². The molecule has 2 atom stereocenters. The lowest BCUT2D eigenvalue weighted by atomic mass is 9.92. The zero-order chi connectivity index (χ0) is 31.6. The number of carboxylic acids is 2. The molecule has 2 aromatic heterocycles. The van der Waals surface area contributed by atoms with E-state index in [1.54, 1.807) is 0 Å². The molecule has 230 valence electrons. The first kappa shape index (κ1) is 31.7. The fraction of sp³-hybridized carbons (Fsp3) is 0.485. The number of allylic oxidation sites excluding steroid dienone is 2. The van der Waals surface area contributed by atoms with Gasteiger partial charge in [0.05, 0.1) is 5.71 Å². The van der Waals surface area contributed by atoms with Crippen LogP contribution in [0.3, 0.4) is 0 Å². The van der Waals surface area contributed by atoms with Gasteiger partial charge in [0.2, 0.25) is 5.91 Å². The summed E-state index contributed by atoms with van der Waals surface area (Å²) in [5, 5.41) is 21.9. The van der Waals surface area contributed by atoms with Gasteiger partial charge < -0.3 is 25.5 Å². The minimum atomic E-state index is -0.893. The number of aliphatic carboxylic acids is 2. The van der Waals surface area contributed by atoms with E-state index in [1.807, 2.05) is 40.7 Å². The molecular formula is C33H42N4O6. The molecular weight excluding hydrogens is 548 g/mol. The summed E-state index contributed by atoms with van der Waals surface area (Å²) < 4.78 is 0. The minimum absolute atomic E-state index is 0.00389. The summed E-state index contributed by atoms with van der Waals surface area (Å²) >= 11 is 0. The molecule has 0 radical (unpaired) electrons. The van der Waals surface area contributed by atoms with Gasteiger partial charge in [0.15, 0.2) is 0 Å². The van der Waals surface area contributed by atoms with Crippen molar-refractivity contribution >= 4 is 35.5 Å². The normalized spacial score (nSPS) is 19.5. The molecule has 0 unspecified atom stereocenters. The molecule has 0 aliphatic carbocycles. The first-order valence-electron chi connectivity index (χ1n) is 15.0. The lowest BCUT2D eigenvalue weighted by molar-refractivity contribution is -0.138. The van der Waals surface area contributed by atoms with E-state index in [9.17, 15) is 29.4 Å². The third-order valence-electron chi connectivity index (χ3n) is 9.11. The van der Waals surface area contributed by atoms with Gasteiger partial charge in [-0.15, -0.1) is 0 Å².